The first kappa shape index (κ1) is 17.8. The number of primary sulfonamides is 1. The molecule has 2 aliphatic rings. The van der Waals surface area contributed by atoms with Crippen molar-refractivity contribution >= 4 is 10.0 Å². The van der Waals surface area contributed by atoms with Crippen LogP contribution in [0.3, 0.4) is 0 Å². The van der Waals surface area contributed by atoms with E-state index in [1.807, 2.05) is 17.0 Å². The van der Waals surface area contributed by atoms with Gasteiger partial charge < -0.3 is 9.84 Å². The summed E-state index contributed by atoms with van der Waals surface area (Å²) in [6.07, 6.45) is 3.10. The first-order chi connectivity index (χ1) is 11.4. The Bertz CT molecular complexity index is 664. The molecule has 24 heavy (non-hydrogen) atoms. The van der Waals surface area contributed by atoms with Crippen LogP contribution in [0.15, 0.2) is 24.3 Å². The van der Waals surface area contributed by atoms with Crippen molar-refractivity contribution in [2.24, 2.45) is 5.14 Å². The van der Waals surface area contributed by atoms with Gasteiger partial charge in [0, 0.05) is 13.1 Å². The molecule has 0 radical (unpaired) electrons. The van der Waals surface area contributed by atoms with Gasteiger partial charge in [-0.2, -0.15) is 0 Å². The van der Waals surface area contributed by atoms with Crippen LogP contribution in [0, 0.1) is 0 Å². The van der Waals surface area contributed by atoms with E-state index in [1.165, 1.54) is 11.1 Å². The number of nitrogens with zero attached hydrogens (tertiary/aromatic N) is 1. The zero-order valence-electron chi connectivity index (χ0n) is 13.8. The van der Waals surface area contributed by atoms with Gasteiger partial charge in [0.25, 0.3) is 0 Å². The number of likely N-dealkylation sites (tertiary alicyclic amines) is 1. The van der Waals surface area contributed by atoms with Crippen LogP contribution in [-0.4, -0.2) is 56.0 Å². The fraction of sp³-hybridized carbons (Fsp3) is 0.647. The molecule has 3 atom stereocenters. The first-order valence-electron chi connectivity index (χ1n) is 8.55. The monoisotopic (exact) mass is 354 g/mol. The summed E-state index contributed by atoms with van der Waals surface area (Å²) >= 11 is 0. The number of fused-ring (bicyclic) bond motifs is 1. The van der Waals surface area contributed by atoms with Crippen LogP contribution < -0.4 is 5.14 Å². The third-order valence-corrected chi connectivity index (χ3v) is 6.28. The summed E-state index contributed by atoms with van der Waals surface area (Å²) in [6.45, 7) is 1.71. The number of aliphatic hydroxyl groups is 1. The summed E-state index contributed by atoms with van der Waals surface area (Å²) in [4.78, 5) is 1.94. The Morgan fingerprint density at radius 3 is 2.88 bits per heavy atom. The molecule has 0 aromatic heterocycles. The summed E-state index contributed by atoms with van der Waals surface area (Å²) in [5.74, 6) is 0. The Balaban J connectivity index is 1.48. The Morgan fingerprint density at radius 2 is 2.12 bits per heavy atom. The third kappa shape index (κ3) is 4.34. The van der Waals surface area contributed by atoms with E-state index in [2.05, 4.69) is 12.1 Å². The summed E-state index contributed by atoms with van der Waals surface area (Å²) in [5, 5.41) is 14.9. The minimum absolute atomic E-state index is 0.0420. The molecule has 3 rings (SSSR count). The summed E-state index contributed by atoms with van der Waals surface area (Å²) in [7, 11) is -3.49. The minimum atomic E-state index is -3.49. The molecule has 0 amide bonds. The summed E-state index contributed by atoms with van der Waals surface area (Å²) in [5.41, 5.74) is 2.56. The third-order valence-electron chi connectivity index (χ3n) is 4.97. The van der Waals surface area contributed by atoms with Gasteiger partial charge in [0.15, 0.2) is 0 Å². The highest BCUT2D eigenvalue weighted by atomic mass is 32.2. The maximum absolute atomic E-state index is 11.4. The molecule has 1 aliphatic carbocycles. The van der Waals surface area contributed by atoms with Crippen molar-refractivity contribution in [1.29, 1.82) is 0 Å². The lowest BCUT2D eigenvalue weighted by atomic mass is 9.89. The van der Waals surface area contributed by atoms with Gasteiger partial charge >= 0.3 is 0 Å². The van der Waals surface area contributed by atoms with Crippen molar-refractivity contribution in [3.63, 3.8) is 0 Å². The van der Waals surface area contributed by atoms with Crippen molar-refractivity contribution in [2.45, 2.75) is 43.1 Å². The van der Waals surface area contributed by atoms with Gasteiger partial charge in [-0.25, -0.2) is 13.6 Å². The molecule has 0 saturated carbocycles. The first-order valence-corrected chi connectivity index (χ1v) is 10.2. The topological polar surface area (TPSA) is 92.9 Å². The molecule has 134 valence electrons. The van der Waals surface area contributed by atoms with E-state index in [9.17, 15) is 13.5 Å². The number of ether oxygens (including phenoxy) is 1. The highest BCUT2D eigenvalue weighted by molar-refractivity contribution is 7.89. The zero-order chi connectivity index (χ0) is 17.2. The molecular weight excluding hydrogens is 328 g/mol. The smallest absolute Gasteiger partial charge is 0.213 e. The highest BCUT2D eigenvalue weighted by Gasteiger charge is 2.31. The van der Waals surface area contributed by atoms with E-state index in [1.54, 1.807) is 0 Å². The molecule has 3 N–H and O–H groups in total. The van der Waals surface area contributed by atoms with Crippen molar-refractivity contribution in [3.05, 3.63) is 35.4 Å². The van der Waals surface area contributed by atoms with E-state index in [0.717, 1.165) is 19.3 Å². The van der Waals surface area contributed by atoms with Crippen molar-refractivity contribution < 1.29 is 18.3 Å². The van der Waals surface area contributed by atoms with Crippen molar-refractivity contribution in [1.82, 2.24) is 4.90 Å². The maximum atomic E-state index is 11.4. The second-order valence-corrected chi connectivity index (χ2v) is 8.67. The van der Waals surface area contributed by atoms with Gasteiger partial charge in [0.2, 0.25) is 10.0 Å². The number of benzene rings is 1. The van der Waals surface area contributed by atoms with Gasteiger partial charge in [-0.15, -0.1) is 0 Å². The maximum Gasteiger partial charge on any atom is 0.213 e. The number of sulfonamides is 1. The Labute approximate surface area is 143 Å². The molecule has 1 aromatic carbocycles. The molecule has 1 saturated heterocycles. The fourth-order valence-electron chi connectivity index (χ4n) is 3.69. The normalized spacial score (nSPS) is 26.2. The Hall–Kier alpha value is -0.990. The molecule has 1 aromatic rings. The molecule has 7 heteroatoms. The molecular formula is C17H26N2O4S. The predicted molar refractivity (Wildman–Crippen MR) is 92.0 cm³/mol. The standard InChI is InChI=1S/C17H26N2O4S/c18-24(21,22)15-8-9-19(11-15)10-14(20)12-23-17-7-3-5-13-4-1-2-6-16(13)17/h1-2,4,6,14-15,17,20H,3,5,7-12H2,(H2,18,21,22). The number of aryl methyl sites for hydroxylation is 1. The lowest BCUT2D eigenvalue weighted by molar-refractivity contribution is -0.0261. The SMILES string of the molecule is NS(=O)(=O)C1CCN(CC(O)COC2CCCc3ccccc32)C1. The molecule has 1 heterocycles. The molecule has 1 aliphatic heterocycles. The number of hydrogen-bond donors (Lipinski definition) is 2. The van der Waals surface area contributed by atoms with E-state index in [0.29, 0.717) is 26.1 Å². The molecule has 0 bridgehead atoms. The van der Waals surface area contributed by atoms with Crippen LogP contribution in [0.25, 0.3) is 0 Å². The van der Waals surface area contributed by atoms with Crippen LogP contribution in [0.5, 0.6) is 0 Å². The summed E-state index contributed by atoms with van der Waals surface area (Å²) < 4.78 is 28.7. The lowest BCUT2D eigenvalue weighted by Gasteiger charge is -2.27. The van der Waals surface area contributed by atoms with Crippen LogP contribution >= 0.6 is 0 Å². The van der Waals surface area contributed by atoms with Crippen molar-refractivity contribution in [2.75, 3.05) is 26.2 Å². The van der Waals surface area contributed by atoms with Gasteiger partial charge in [-0.05, 0) is 43.4 Å². The number of β-amino-alcohol motifs (C(OH)–C–C–N with tert-alkyl or cyclic N) is 1. The Kier molecular flexibility index (Phi) is 5.56. The average molecular weight is 354 g/mol. The number of nitrogens with two attached hydrogens (primary N) is 1. The highest BCUT2D eigenvalue weighted by Crippen LogP contribution is 2.32. The van der Waals surface area contributed by atoms with E-state index in [4.69, 9.17) is 9.88 Å². The van der Waals surface area contributed by atoms with Gasteiger partial charge in [-0.1, -0.05) is 24.3 Å². The van der Waals surface area contributed by atoms with E-state index >= 15 is 0 Å². The second kappa shape index (κ2) is 7.49. The van der Waals surface area contributed by atoms with E-state index in [-0.39, 0.29) is 12.7 Å². The molecule has 3 unspecified atom stereocenters. The summed E-state index contributed by atoms with van der Waals surface area (Å²) in [6, 6.07) is 8.31. The van der Waals surface area contributed by atoms with Crippen molar-refractivity contribution in [3.8, 4) is 0 Å². The quantitative estimate of drug-likeness (QED) is 0.788. The van der Waals surface area contributed by atoms with Crippen LogP contribution in [0.4, 0.5) is 0 Å². The molecule has 1 fully saturated rings. The molecule has 6 nitrogen and oxygen atoms in total. The number of aliphatic hydroxyl groups excluding tert-OH is 1. The average Bonchev–Trinajstić information content (AvgIpc) is 3.01. The molecule has 0 spiro atoms. The van der Waals surface area contributed by atoms with Crippen LogP contribution in [-0.2, 0) is 21.2 Å². The minimum Gasteiger partial charge on any atom is -0.389 e. The largest absolute Gasteiger partial charge is 0.389 e. The Morgan fingerprint density at radius 1 is 1.33 bits per heavy atom. The zero-order valence-corrected chi connectivity index (χ0v) is 14.6. The lowest BCUT2D eigenvalue weighted by Crippen LogP contribution is -2.36. The van der Waals surface area contributed by atoms with Crippen LogP contribution in [0.2, 0.25) is 0 Å². The van der Waals surface area contributed by atoms with E-state index < -0.39 is 21.4 Å². The van der Waals surface area contributed by atoms with Gasteiger partial charge in [0.05, 0.1) is 24.1 Å². The second-order valence-electron chi connectivity index (χ2n) is 6.83. The van der Waals surface area contributed by atoms with Gasteiger partial charge in [0.1, 0.15) is 0 Å². The predicted octanol–water partition coefficient (Wildman–Crippen LogP) is 0.804. The number of rotatable bonds is 6. The van der Waals surface area contributed by atoms with Crippen LogP contribution in [0.1, 0.15) is 36.5 Å². The van der Waals surface area contributed by atoms with Gasteiger partial charge in [-0.3, -0.25) is 4.90 Å². The number of hydrogen-bond acceptors (Lipinski definition) is 5. The fourth-order valence-corrected chi connectivity index (χ4v) is 4.54.